The zero-order valence-electron chi connectivity index (χ0n) is 10.8. The summed E-state index contributed by atoms with van der Waals surface area (Å²) in [4.78, 5) is 4.78. The number of aryl methyl sites for hydroxylation is 1. The molecule has 18 heavy (non-hydrogen) atoms. The molecule has 0 saturated heterocycles. The Hall–Kier alpha value is -1.61. The Morgan fingerprint density at radius 2 is 2.33 bits per heavy atom. The highest BCUT2D eigenvalue weighted by molar-refractivity contribution is 5.69. The molecule has 0 amide bonds. The summed E-state index contributed by atoms with van der Waals surface area (Å²) in [6.07, 6.45) is 7.72. The van der Waals surface area contributed by atoms with Crippen LogP contribution in [0.1, 0.15) is 31.2 Å². The largest absolute Gasteiger partial charge is 0.313 e. The molecule has 0 atom stereocenters. The average Bonchev–Trinajstić information content (AvgIpc) is 2.78. The van der Waals surface area contributed by atoms with Crippen molar-refractivity contribution in [2.75, 3.05) is 13.1 Å². The third-order valence-electron chi connectivity index (χ3n) is 3.46. The van der Waals surface area contributed by atoms with E-state index in [1.54, 1.807) is 0 Å². The predicted molar refractivity (Wildman–Crippen MR) is 74.7 cm³/mol. The molecular weight excluding hydrogens is 222 g/mol. The van der Waals surface area contributed by atoms with Gasteiger partial charge in [0, 0.05) is 12.7 Å². The van der Waals surface area contributed by atoms with Gasteiger partial charge in [-0.2, -0.15) is 0 Å². The zero-order chi connectivity index (χ0) is 12.4. The van der Waals surface area contributed by atoms with Gasteiger partial charge in [0.25, 0.3) is 0 Å². The maximum atomic E-state index is 4.78. The van der Waals surface area contributed by atoms with Gasteiger partial charge in [-0.1, -0.05) is 25.5 Å². The van der Waals surface area contributed by atoms with Crippen molar-refractivity contribution in [3.8, 4) is 0 Å². The van der Waals surface area contributed by atoms with Gasteiger partial charge in [0.15, 0.2) is 0 Å². The molecule has 0 radical (unpaired) electrons. The Morgan fingerprint density at radius 3 is 3.11 bits per heavy atom. The number of fused-ring (bicyclic) bond motifs is 1. The molecule has 3 nitrogen and oxygen atoms in total. The van der Waals surface area contributed by atoms with E-state index in [1.807, 2.05) is 0 Å². The molecule has 1 aliphatic heterocycles. The van der Waals surface area contributed by atoms with Crippen LogP contribution in [-0.2, 0) is 6.42 Å². The van der Waals surface area contributed by atoms with Crippen molar-refractivity contribution in [3.05, 3.63) is 41.9 Å². The number of nitrogens with zero attached hydrogens (tertiary/aromatic N) is 2. The van der Waals surface area contributed by atoms with Crippen molar-refractivity contribution in [2.24, 2.45) is 0 Å². The van der Waals surface area contributed by atoms with Gasteiger partial charge in [-0.3, -0.25) is 4.40 Å². The highest BCUT2D eigenvalue weighted by Gasteiger charge is 2.16. The van der Waals surface area contributed by atoms with E-state index >= 15 is 0 Å². The van der Waals surface area contributed by atoms with Crippen LogP contribution in [0.15, 0.2) is 30.5 Å². The first-order chi connectivity index (χ1) is 8.90. The topological polar surface area (TPSA) is 29.3 Å². The van der Waals surface area contributed by atoms with Crippen LogP contribution in [0, 0.1) is 0 Å². The van der Waals surface area contributed by atoms with Crippen LogP contribution in [0.4, 0.5) is 0 Å². The van der Waals surface area contributed by atoms with Crippen LogP contribution in [0.5, 0.6) is 0 Å². The summed E-state index contributed by atoms with van der Waals surface area (Å²) in [5, 5.41) is 3.37. The van der Waals surface area contributed by atoms with Crippen molar-refractivity contribution in [1.82, 2.24) is 14.7 Å². The minimum Gasteiger partial charge on any atom is -0.313 e. The summed E-state index contributed by atoms with van der Waals surface area (Å²) in [6, 6.07) is 6.22. The molecule has 0 aliphatic carbocycles. The van der Waals surface area contributed by atoms with Crippen molar-refractivity contribution in [3.63, 3.8) is 0 Å². The first-order valence-corrected chi connectivity index (χ1v) is 6.76. The number of imidazole rings is 1. The normalized spacial score (nSPS) is 15.9. The smallest absolute Gasteiger partial charge is 0.137 e. The minimum absolute atomic E-state index is 0.973. The number of nitrogens with one attached hydrogen (secondary N) is 1. The highest BCUT2D eigenvalue weighted by atomic mass is 15.0. The molecule has 2 aromatic rings. The number of rotatable bonds is 3. The maximum absolute atomic E-state index is 4.78. The number of hydrogen-bond donors (Lipinski definition) is 1. The second-order valence-corrected chi connectivity index (χ2v) is 4.77. The molecule has 3 heteroatoms. The Morgan fingerprint density at radius 1 is 1.39 bits per heavy atom. The molecule has 3 heterocycles. The molecule has 0 aromatic carbocycles. The van der Waals surface area contributed by atoms with E-state index in [0.717, 1.165) is 38.0 Å². The second kappa shape index (κ2) is 4.94. The standard InChI is InChI=1S/C15H19N3/c1-2-5-13-15(12-7-9-16-10-8-12)18-11-4-3-6-14(18)17-13/h3-4,6-7,11,16H,2,5,8-10H2,1H3. The molecule has 1 N–H and O–H groups in total. The van der Waals surface area contributed by atoms with Crippen LogP contribution < -0.4 is 5.32 Å². The summed E-state index contributed by atoms with van der Waals surface area (Å²) in [5.74, 6) is 0. The molecule has 0 unspecified atom stereocenters. The van der Waals surface area contributed by atoms with Gasteiger partial charge in [0.05, 0.1) is 11.4 Å². The first-order valence-electron chi connectivity index (χ1n) is 6.76. The van der Waals surface area contributed by atoms with E-state index in [9.17, 15) is 0 Å². The van der Waals surface area contributed by atoms with Crippen molar-refractivity contribution in [2.45, 2.75) is 26.2 Å². The lowest BCUT2D eigenvalue weighted by Crippen LogP contribution is -2.20. The first kappa shape index (κ1) is 11.5. The van der Waals surface area contributed by atoms with Crippen LogP contribution >= 0.6 is 0 Å². The van der Waals surface area contributed by atoms with E-state index in [0.29, 0.717) is 0 Å². The van der Waals surface area contributed by atoms with Crippen LogP contribution in [-0.4, -0.2) is 22.5 Å². The van der Waals surface area contributed by atoms with Crippen LogP contribution in [0.3, 0.4) is 0 Å². The molecular formula is C15H19N3. The Labute approximate surface area is 108 Å². The molecule has 0 spiro atoms. The summed E-state index contributed by atoms with van der Waals surface area (Å²) < 4.78 is 2.24. The fourth-order valence-electron chi connectivity index (χ4n) is 2.63. The van der Waals surface area contributed by atoms with Gasteiger partial charge in [-0.05, 0) is 37.1 Å². The van der Waals surface area contributed by atoms with Gasteiger partial charge in [0.2, 0.25) is 0 Å². The Kier molecular flexibility index (Phi) is 3.15. The summed E-state index contributed by atoms with van der Waals surface area (Å²) >= 11 is 0. The summed E-state index contributed by atoms with van der Waals surface area (Å²) in [5.41, 5.74) is 5.08. The fraction of sp³-hybridized carbons (Fsp3) is 0.400. The number of pyridine rings is 1. The molecule has 0 saturated carbocycles. The highest BCUT2D eigenvalue weighted by Crippen LogP contribution is 2.25. The predicted octanol–water partition coefficient (Wildman–Crippen LogP) is 2.66. The van der Waals surface area contributed by atoms with Crippen molar-refractivity contribution in [1.29, 1.82) is 0 Å². The van der Waals surface area contributed by atoms with E-state index in [4.69, 9.17) is 4.98 Å². The summed E-state index contributed by atoms with van der Waals surface area (Å²) in [6.45, 7) is 4.25. The van der Waals surface area contributed by atoms with Gasteiger partial charge in [-0.25, -0.2) is 4.98 Å². The quantitative estimate of drug-likeness (QED) is 0.895. The molecule has 2 aromatic heterocycles. The molecule has 0 fully saturated rings. The van der Waals surface area contributed by atoms with Gasteiger partial charge >= 0.3 is 0 Å². The lowest BCUT2D eigenvalue weighted by atomic mass is 10.0. The third-order valence-corrected chi connectivity index (χ3v) is 3.46. The van der Waals surface area contributed by atoms with Crippen molar-refractivity contribution >= 4 is 11.2 Å². The Bertz CT molecular complexity index is 580. The molecule has 94 valence electrons. The zero-order valence-corrected chi connectivity index (χ0v) is 10.8. The van der Waals surface area contributed by atoms with E-state index in [1.165, 1.54) is 17.0 Å². The average molecular weight is 241 g/mol. The molecule has 0 bridgehead atoms. The maximum Gasteiger partial charge on any atom is 0.137 e. The van der Waals surface area contributed by atoms with E-state index < -0.39 is 0 Å². The lowest BCUT2D eigenvalue weighted by Gasteiger charge is -2.15. The van der Waals surface area contributed by atoms with E-state index in [2.05, 4.69) is 47.1 Å². The van der Waals surface area contributed by atoms with Gasteiger partial charge in [0.1, 0.15) is 5.65 Å². The third kappa shape index (κ3) is 1.95. The van der Waals surface area contributed by atoms with Crippen LogP contribution in [0.25, 0.3) is 11.2 Å². The van der Waals surface area contributed by atoms with Crippen molar-refractivity contribution < 1.29 is 0 Å². The Balaban J connectivity index is 2.17. The fourth-order valence-corrected chi connectivity index (χ4v) is 2.63. The summed E-state index contributed by atoms with van der Waals surface area (Å²) in [7, 11) is 0. The monoisotopic (exact) mass is 241 g/mol. The van der Waals surface area contributed by atoms with E-state index in [-0.39, 0.29) is 0 Å². The number of aromatic nitrogens is 2. The van der Waals surface area contributed by atoms with Crippen LogP contribution in [0.2, 0.25) is 0 Å². The molecule has 3 rings (SSSR count). The van der Waals surface area contributed by atoms with Gasteiger partial charge in [-0.15, -0.1) is 0 Å². The second-order valence-electron chi connectivity index (χ2n) is 4.77. The SMILES string of the molecule is CCCc1nc2ccccn2c1C1=CCNCC1. The lowest BCUT2D eigenvalue weighted by molar-refractivity contribution is 0.734. The minimum atomic E-state index is 0.973. The molecule has 1 aliphatic rings. The van der Waals surface area contributed by atoms with Gasteiger partial charge < -0.3 is 5.32 Å². The number of hydrogen-bond acceptors (Lipinski definition) is 2.